The zero-order valence-corrected chi connectivity index (χ0v) is 15.0. The summed E-state index contributed by atoms with van der Waals surface area (Å²) in [6.45, 7) is 6.98. The highest BCUT2D eigenvalue weighted by Crippen LogP contribution is 2.23. The molecule has 0 aliphatic rings. The van der Waals surface area contributed by atoms with Gasteiger partial charge in [0.2, 0.25) is 0 Å². The maximum Gasteiger partial charge on any atom is 0.00547 e. The molecule has 0 heterocycles. The molecule has 0 aromatic rings. The Balaban J connectivity index is 3.52. The molecule has 0 amide bonds. The predicted octanol–water partition coefficient (Wildman–Crippen LogP) is 5.77. The van der Waals surface area contributed by atoms with E-state index in [0.29, 0.717) is 0 Å². The van der Waals surface area contributed by atoms with Gasteiger partial charge in [0.15, 0.2) is 0 Å². The largest absolute Gasteiger partial charge is 0.179 e. The summed E-state index contributed by atoms with van der Waals surface area (Å²) in [5.74, 6) is 5.95. The van der Waals surface area contributed by atoms with Gasteiger partial charge < -0.3 is 0 Å². The monoisotopic (exact) mass is 308 g/mol. The fraction of sp³-hybridized carbons (Fsp3) is 1.00. The first-order valence-corrected chi connectivity index (χ1v) is 10.4. The summed E-state index contributed by atoms with van der Waals surface area (Å²) < 4.78 is 0. The van der Waals surface area contributed by atoms with E-state index < -0.39 is 0 Å². The average Bonchev–Trinajstić information content (AvgIpc) is 2.38. The van der Waals surface area contributed by atoms with Crippen LogP contribution in [0.4, 0.5) is 0 Å². The zero-order chi connectivity index (χ0) is 13.6. The minimum atomic E-state index is 0.870. The lowest BCUT2D eigenvalue weighted by atomic mass is 10.1. The summed E-state index contributed by atoms with van der Waals surface area (Å²) in [7, 11) is 0. The fourth-order valence-electron chi connectivity index (χ4n) is 1.94. The third kappa shape index (κ3) is 12.1. The summed E-state index contributed by atoms with van der Waals surface area (Å²) in [6, 6.07) is 0. The van der Waals surface area contributed by atoms with Gasteiger partial charge in [-0.05, 0) is 61.0 Å². The van der Waals surface area contributed by atoms with E-state index in [-0.39, 0.29) is 0 Å². The van der Waals surface area contributed by atoms with Crippen molar-refractivity contribution in [3.63, 3.8) is 0 Å². The Bertz CT molecular complexity index is 162. The number of hydrogen-bond acceptors (Lipinski definition) is 3. The molecule has 0 saturated carbocycles. The molecule has 0 N–H and O–H groups in total. The Kier molecular flexibility index (Phi) is 15.3. The lowest BCUT2D eigenvalue weighted by Crippen LogP contribution is -2.06. The van der Waals surface area contributed by atoms with E-state index in [1.807, 2.05) is 0 Å². The molecule has 110 valence electrons. The molecule has 2 atom stereocenters. The van der Waals surface area contributed by atoms with Crippen LogP contribution in [0.3, 0.4) is 0 Å². The van der Waals surface area contributed by atoms with Crippen molar-refractivity contribution < 1.29 is 0 Å². The molecule has 18 heavy (non-hydrogen) atoms. The molecule has 0 aliphatic carbocycles. The van der Waals surface area contributed by atoms with Gasteiger partial charge >= 0.3 is 0 Å². The maximum absolute atomic E-state index is 4.28. The Labute approximate surface area is 129 Å². The highest BCUT2D eigenvalue weighted by molar-refractivity contribution is 8.00. The maximum atomic E-state index is 4.28. The van der Waals surface area contributed by atoms with Gasteiger partial charge in [0.25, 0.3) is 0 Å². The Morgan fingerprint density at radius 3 is 2.39 bits per heavy atom. The molecule has 0 rings (SSSR count). The minimum Gasteiger partial charge on any atom is -0.179 e. The van der Waals surface area contributed by atoms with E-state index in [4.69, 9.17) is 0 Å². The predicted molar refractivity (Wildman–Crippen MR) is 95.6 cm³/mol. The summed E-state index contributed by atoms with van der Waals surface area (Å²) in [4.78, 5) is 0. The van der Waals surface area contributed by atoms with Gasteiger partial charge in [0.1, 0.15) is 0 Å². The van der Waals surface area contributed by atoms with Crippen molar-refractivity contribution in [2.75, 3.05) is 23.0 Å². The molecule has 0 bridgehead atoms. The van der Waals surface area contributed by atoms with Crippen molar-refractivity contribution in [3.05, 3.63) is 0 Å². The van der Waals surface area contributed by atoms with Crippen LogP contribution in [-0.2, 0) is 0 Å². The molecule has 3 heteroatoms. The van der Waals surface area contributed by atoms with Gasteiger partial charge in [0, 0.05) is 5.25 Å². The molecule has 0 saturated heterocycles. The Hall–Kier alpha value is 1.05. The summed E-state index contributed by atoms with van der Waals surface area (Å²) in [5.41, 5.74) is 0. The minimum absolute atomic E-state index is 0.870. The highest BCUT2D eigenvalue weighted by atomic mass is 32.2. The van der Waals surface area contributed by atoms with Crippen molar-refractivity contribution in [3.8, 4) is 0 Å². The molecule has 0 radical (unpaired) electrons. The lowest BCUT2D eigenvalue weighted by Gasteiger charge is -2.16. The Morgan fingerprint density at radius 2 is 1.78 bits per heavy atom. The van der Waals surface area contributed by atoms with Gasteiger partial charge in [-0.1, -0.05) is 27.2 Å². The van der Waals surface area contributed by atoms with Gasteiger partial charge in [-0.25, -0.2) is 0 Å². The summed E-state index contributed by atoms with van der Waals surface area (Å²) >= 11 is 8.63. The van der Waals surface area contributed by atoms with Crippen LogP contribution < -0.4 is 0 Å². The number of thioether (sulfide) groups is 2. The van der Waals surface area contributed by atoms with Crippen molar-refractivity contribution >= 4 is 36.2 Å². The smallest absolute Gasteiger partial charge is 0.00547 e. The quantitative estimate of drug-likeness (QED) is 0.339. The van der Waals surface area contributed by atoms with Crippen LogP contribution in [-0.4, -0.2) is 28.3 Å². The fourth-order valence-corrected chi connectivity index (χ4v) is 4.71. The second-order valence-corrected chi connectivity index (χ2v) is 8.12. The molecule has 0 spiro atoms. The van der Waals surface area contributed by atoms with E-state index in [9.17, 15) is 0 Å². The van der Waals surface area contributed by atoms with Gasteiger partial charge in [-0.2, -0.15) is 36.2 Å². The van der Waals surface area contributed by atoms with Gasteiger partial charge in [-0.15, -0.1) is 0 Å². The number of thiol groups is 1. The zero-order valence-electron chi connectivity index (χ0n) is 12.5. The topological polar surface area (TPSA) is 0 Å². The molecule has 0 aromatic heterocycles. The van der Waals surface area contributed by atoms with Gasteiger partial charge in [-0.3, -0.25) is 0 Å². The van der Waals surface area contributed by atoms with Crippen molar-refractivity contribution in [1.29, 1.82) is 0 Å². The normalized spacial score (nSPS) is 14.7. The molecular weight excluding hydrogens is 276 g/mol. The van der Waals surface area contributed by atoms with Crippen LogP contribution in [0.25, 0.3) is 0 Å². The number of hydrogen-bond donors (Lipinski definition) is 1. The second-order valence-electron chi connectivity index (χ2n) is 5.12. The molecular formula is C15H32S3. The molecule has 0 nitrogen and oxygen atoms in total. The van der Waals surface area contributed by atoms with Crippen LogP contribution in [0.5, 0.6) is 0 Å². The third-order valence-electron chi connectivity index (χ3n) is 3.01. The van der Waals surface area contributed by atoms with E-state index in [1.54, 1.807) is 0 Å². The summed E-state index contributed by atoms with van der Waals surface area (Å²) in [5, 5.41) is 0.912. The first-order valence-electron chi connectivity index (χ1n) is 7.54. The molecule has 0 aromatic carbocycles. The highest BCUT2D eigenvalue weighted by Gasteiger charge is 2.08. The summed E-state index contributed by atoms with van der Waals surface area (Å²) in [6.07, 6.45) is 8.08. The van der Waals surface area contributed by atoms with Crippen molar-refractivity contribution in [2.24, 2.45) is 5.92 Å². The molecule has 0 fully saturated rings. The molecule has 1 unspecified atom stereocenters. The van der Waals surface area contributed by atoms with Crippen LogP contribution >= 0.6 is 36.2 Å². The van der Waals surface area contributed by atoms with Crippen LogP contribution in [0.1, 0.15) is 59.3 Å². The standard InChI is InChI=1S/C15H32S3/c1-4-7-15(18-11-5-2)9-12-17-13-14(3)8-6-10-16/h14-16H,4-13H2,1-3H3/t14-,15?/m1/s1. The van der Waals surface area contributed by atoms with Crippen LogP contribution in [0, 0.1) is 5.92 Å². The van der Waals surface area contributed by atoms with Crippen molar-refractivity contribution in [2.45, 2.75) is 64.5 Å². The van der Waals surface area contributed by atoms with E-state index >= 15 is 0 Å². The first-order chi connectivity index (χ1) is 8.74. The SMILES string of the molecule is CCCSC(CCC)CCSC[C@H](C)CCCS. The third-order valence-corrected chi connectivity index (χ3v) is 6.24. The van der Waals surface area contributed by atoms with E-state index in [2.05, 4.69) is 56.9 Å². The van der Waals surface area contributed by atoms with Crippen LogP contribution in [0.2, 0.25) is 0 Å². The van der Waals surface area contributed by atoms with Gasteiger partial charge in [0.05, 0.1) is 0 Å². The average molecular weight is 309 g/mol. The van der Waals surface area contributed by atoms with E-state index in [0.717, 1.165) is 16.9 Å². The Morgan fingerprint density at radius 1 is 1.00 bits per heavy atom. The van der Waals surface area contributed by atoms with Crippen LogP contribution in [0.15, 0.2) is 0 Å². The first kappa shape index (κ1) is 19.1. The van der Waals surface area contributed by atoms with Crippen molar-refractivity contribution in [1.82, 2.24) is 0 Å². The van der Waals surface area contributed by atoms with E-state index in [1.165, 1.54) is 55.8 Å². The second kappa shape index (κ2) is 14.5. The lowest BCUT2D eigenvalue weighted by molar-refractivity contribution is 0.588. The number of rotatable bonds is 13. The molecule has 0 aliphatic heterocycles.